The number of benzene rings is 2. The highest BCUT2D eigenvalue weighted by Crippen LogP contribution is 2.39. The Balaban J connectivity index is 2.47. The fraction of sp³-hybridized carbons (Fsp3) is 0.333. The Labute approximate surface area is 176 Å². The Kier molecular flexibility index (Phi) is 6.27. The minimum atomic E-state index is -0.893. The summed E-state index contributed by atoms with van der Waals surface area (Å²) in [6, 6.07) is 11.2. The molecule has 0 amide bonds. The number of ether oxygens (including phenoxy) is 3. The number of aldehydes is 1. The molecule has 1 atom stereocenters. The number of pyridine rings is 1. The Morgan fingerprint density at radius 2 is 1.67 bits per heavy atom. The molecule has 0 aliphatic carbocycles. The number of methoxy groups -OCH3 is 2. The highest BCUT2D eigenvalue weighted by molar-refractivity contribution is 5.99. The summed E-state index contributed by atoms with van der Waals surface area (Å²) >= 11 is 0. The Morgan fingerprint density at radius 1 is 0.967 bits per heavy atom. The number of aryl methyl sites for hydroxylation is 1. The SMILES string of the molecule is COc1ccc(-c2c(C(C=O)OC(C)C)n(C)c(=O)c3ccc(C)cc23)cc1OC. The predicted molar refractivity (Wildman–Crippen MR) is 117 cm³/mol. The molecular weight excluding hydrogens is 382 g/mol. The smallest absolute Gasteiger partial charge is 0.258 e. The van der Waals surface area contributed by atoms with E-state index in [1.165, 1.54) is 4.57 Å². The van der Waals surface area contributed by atoms with E-state index in [0.29, 0.717) is 22.6 Å². The fourth-order valence-electron chi connectivity index (χ4n) is 3.73. The van der Waals surface area contributed by atoms with Crippen molar-refractivity contribution in [3.8, 4) is 22.6 Å². The lowest BCUT2D eigenvalue weighted by atomic mass is 9.93. The van der Waals surface area contributed by atoms with Gasteiger partial charge in [-0.1, -0.05) is 23.8 Å². The third kappa shape index (κ3) is 3.83. The van der Waals surface area contributed by atoms with Gasteiger partial charge in [0, 0.05) is 18.0 Å². The number of fused-ring (bicyclic) bond motifs is 1. The molecule has 158 valence electrons. The summed E-state index contributed by atoms with van der Waals surface area (Å²) in [5.41, 5.74) is 2.90. The van der Waals surface area contributed by atoms with Crippen molar-refractivity contribution in [3.05, 3.63) is 58.0 Å². The highest BCUT2D eigenvalue weighted by atomic mass is 16.5. The van der Waals surface area contributed by atoms with Crippen molar-refractivity contribution in [1.29, 1.82) is 0 Å². The van der Waals surface area contributed by atoms with Crippen LogP contribution in [0.3, 0.4) is 0 Å². The van der Waals surface area contributed by atoms with Crippen molar-refractivity contribution in [2.75, 3.05) is 14.2 Å². The molecule has 30 heavy (non-hydrogen) atoms. The Morgan fingerprint density at radius 3 is 2.27 bits per heavy atom. The number of rotatable bonds is 7. The van der Waals surface area contributed by atoms with Gasteiger partial charge < -0.3 is 23.6 Å². The van der Waals surface area contributed by atoms with Gasteiger partial charge in [0.05, 0.1) is 26.0 Å². The van der Waals surface area contributed by atoms with Crippen LogP contribution in [0.1, 0.15) is 31.2 Å². The van der Waals surface area contributed by atoms with Gasteiger partial charge in [-0.15, -0.1) is 0 Å². The van der Waals surface area contributed by atoms with Crippen molar-refractivity contribution in [2.45, 2.75) is 33.0 Å². The number of carbonyl (C=O) groups is 1. The minimum Gasteiger partial charge on any atom is -0.493 e. The number of carbonyl (C=O) groups excluding carboxylic acids is 1. The maximum Gasteiger partial charge on any atom is 0.258 e. The van der Waals surface area contributed by atoms with E-state index in [0.717, 1.165) is 28.4 Å². The summed E-state index contributed by atoms with van der Waals surface area (Å²) in [5, 5.41) is 1.34. The third-order valence-corrected chi connectivity index (χ3v) is 5.08. The molecule has 0 aliphatic rings. The lowest BCUT2D eigenvalue weighted by Crippen LogP contribution is -2.26. The van der Waals surface area contributed by atoms with Gasteiger partial charge in [0.15, 0.2) is 23.9 Å². The molecular formula is C24H27NO5. The quantitative estimate of drug-likeness (QED) is 0.547. The first-order chi connectivity index (χ1) is 14.3. The van der Waals surface area contributed by atoms with Crippen LogP contribution in [-0.2, 0) is 16.6 Å². The molecule has 0 N–H and O–H groups in total. The zero-order valence-electron chi connectivity index (χ0n) is 18.2. The Hall–Kier alpha value is -3.12. The van der Waals surface area contributed by atoms with Crippen molar-refractivity contribution in [2.24, 2.45) is 7.05 Å². The van der Waals surface area contributed by atoms with Crippen LogP contribution in [0.4, 0.5) is 0 Å². The van der Waals surface area contributed by atoms with Crippen LogP contribution < -0.4 is 15.0 Å². The van der Waals surface area contributed by atoms with E-state index < -0.39 is 6.10 Å². The van der Waals surface area contributed by atoms with E-state index in [9.17, 15) is 9.59 Å². The molecule has 1 aromatic heterocycles. The minimum absolute atomic E-state index is 0.177. The van der Waals surface area contributed by atoms with E-state index in [1.807, 2.05) is 57.2 Å². The van der Waals surface area contributed by atoms with Gasteiger partial charge in [-0.05, 0) is 49.9 Å². The van der Waals surface area contributed by atoms with Crippen LogP contribution in [-0.4, -0.2) is 31.2 Å². The zero-order chi connectivity index (χ0) is 22.0. The molecule has 1 unspecified atom stereocenters. The van der Waals surface area contributed by atoms with Gasteiger partial charge in [-0.2, -0.15) is 0 Å². The van der Waals surface area contributed by atoms with Crippen molar-refractivity contribution < 1.29 is 19.0 Å². The lowest BCUT2D eigenvalue weighted by molar-refractivity contribution is -0.121. The molecule has 0 radical (unpaired) electrons. The topological polar surface area (TPSA) is 66.8 Å². The van der Waals surface area contributed by atoms with Gasteiger partial charge in [0.2, 0.25) is 0 Å². The van der Waals surface area contributed by atoms with E-state index in [-0.39, 0.29) is 11.7 Å². The highest BCUT2D eigenvalue weighted by Gasteiger charge is 2.25. The maximum absolute atomic E-state index is 13.1. The summed E-state index contributed by atoms with van der Waals surface area (Å²) in [6.07, 6.45) is -0.349. The molecule has 1 heterocycles. The number of hydrogen-bond donors (Lipinski definition) is 0. The molecule has 3 rings (SSSR count). The molecule has 6 heteroatoms. The van der Waals surface area contributed by atoms with Crippen molar-refractivity contribution in [1.82, 2.24) is 4.57 Å². The average molecular weight is 409 g/mol. The third-order valence-electron chi connectivity index (χ3n) is 5.08. The predicted octanol–water partition coefficient (Wildman–Crippen LogP) is 4.20. The van der Waals surface area contributed by atoms with Gasteiger partial charge >= 0.3 is 0 Å². The van der Waals surface area contributed by atoms with Crippen LogP contribution in [0.5, 0.6) is 11.5 Å². The van der Waals surface area contributed by atoms with Gasteiger partial charge in [0.25, 0.3) is 5.56 Å². The van der Waals surface area contributed by atoms with Crippen LogP contribution in [0.2, 0.25) is 0 Å². The molecule has 0 aliphatic heterocycles. The average Bonchev–Trinajstić information content (AvgIpc) is 2.73. The molecule has 3 aromatic rings. The first-order valence-corrected chi connectivity index (χ1v) is 9.78. The number of aromatic nitrogens is 1. The van der Waals surface area contributed by atoms with Gasteiger partial charge in [-0.25, -0.2) is 0 Å². The Bertz CT molecular complexity index is 1150. The van der Waals surface area contributed by atoms with Crippen molar-refractivity contribution >= 4 is 17.1 Å². The normalized spacial score (nSPS) is 12.2. The van der Waals surface area contributed by atoms with Crippen LogP contribution in [0.25, 0.3) is 21.9 Å². The molecule has 0 fully saturated rings. The monoisotopic (exact) mass is 409 g/mol. The first-order valence-electron chi connectivity index (χ1n) is 9.78. The summed E-state index contributed by atoms with van der Waals surface area (Å²) in [4.78, 5) is 25.1. The molecule has 6 nitrogen and oxygen atoms in total. The molecule has 0 saturated heterocycles. The second-order valence-corrected chi connectivity index (χ2v) is 7.48. The van der Waals surface area contributed by atoms with Crippen LogP contribution in [0, 0.1) is 6.92 Å². The largest absolute Gasteiger partial charge is 0.493 e. The van der Waals surface area contributed by atoms with Crippen molar-refractivity contribution in [3.63, 3.8) is 0 Å². The molecule has 0 bridgehead atoms. The van der Waals surface area contributed by atoms with E-state index in [1.54, 1.807) is 21.3 Å². The van der Waals surface area contributed by atoms with Gasteiger partial charge in [-0.3, -0.25) is 4.79 Å². The lowest BCUT2D eigenvalue weighted by Gasteiger charge is -2.24. The summed E-state index contributed by atoms with van der Waals surface area (Å²) < 4.78 is 18.2. The first kappa shape index (κ1) is 21.6. The second kappa shape index (κ2) is 8.71. The number of nitrogens with zero attached hydrogens (tertiary/aromatic N) is 1. The summed E-state index contributed by atoms with van der Waals surface area (Å²) in [6.45, 7) is 5.68. The fourth-order valence-corrected chi connectivity index (χ4v) is 3.73. The maximum atomic E-state index is 13.1. The standard InChI is InChI=1S/C24H27NO5/c1-14(2)30-21(13-26)23-22(16-8-10-19(28-5)20(12-16)29-6)18-11-15(3)7-9-17(18)24(27)25(23)4/h7-14,21H,1-6H3. The molecule has 2 aromatic carbocycles. The van der Waals surface area contributed by atoms with E-state index in [4.69, 9.17) is 14.2 Å². The van der Waals surface area contributed by atoms with Crippen LogP contribution >= 0.6 is 0 Å². The van der Waals surface area contributed by atoms with Crippen LogP contribution in [0.15, 0.2) is 41.2 Å². The van der Waals surface area contributed by atoms with Gasteiger partial charge in [0.1, 0.15) is 0 Å². The molecule has 0 saturated carbocycles. The summed E-state index contributed by atoms with van der Waals surface area (Å²) in [7, 11) is 4.82. The van der Waals surface area contributed by atoms with E-state index in [2.05, 4.69) is 0 Å². The molecule has 0 spiro atoms. The second-order valence-electron chi connectivity index (χ2n) is 7.48. The zero-order valence-corrected chi connectivity index (χ0v) is 18.2. The number of hydrogen-bond acceptors (Lipinski definition) is 5. The van der Waals surface area contributed by atoms with E-state index >= 15 is 0 Å². The summed E-state index contributed by atoms with van der Waals surface area (Å²) in [5.74, 6) is 1.15.